The van der Waals surface area contributed by atoms with Crippen molar-refractivity contribution in [2.45, 2.75) is 13.0 Å². The molecule has 1 aromatic carbocycles. The fraction of sp³-hybridized carbons (Fsp3) is 0.167. The third-order valence-corrected chi connectivity index (χ3v) is 2.92. The molecule has 2 aromatic heterocycles. The molecule has 0 aliphatic heterocycles. The standard InChI is InChI=1S/C12H11N5O3/c13-11-10(15-20-16-11)12-14-7-3-1-2-4-8(7)17(12)6-5-9(18)19/h1-4H,5-6H2,(H2,13,16)(H,18,19)/p-1. The monoisotopic (exact) mass is 272 g/mol. The van der Waals surface area contributed by atoms with Crippen LogP contribution >= 0.6 is 0 Å². The molecular formula is C12H10N5O3-. The van der Waals surface area contributed by atoms with Gasteiger partial charge in [-0.2, -0.15) is 0 Å². The van der Waals surface area contributed by atoms with Crippen molar-refractivity contribution < 1.29 is 14.5 Å². The molecule has 0 fully saturated rings. The molecule has 0 atom stereocenters. The second-order valence-electron chi connectivity index (χ2n) is 4.20. The van der Waals surface area contributed by atoms with Crippen LogP contribution in [0.2, 0.25) is 0 Å². The Morgan fingerprint density at radius 3 is 2.85 bits per heavy atom. The number of aromatic nitrogens is 4. The van der Waals surface area contributed by atoms with E-state index >= 15 is 0 Å². The lowest BCUT2D eigenvalue weighted by Gasteiger charge is -2.08. The fourth-order valence-corrected chi connectivity index (χ4v) is 2.04. The molecule has 102 valence electrons. The number of aryl methyl sites for hydroxylation is 1. The summed E-state index contributed by atoms with van der Waals surface area (Å²) in [6, 6.07) is 7.34. The predicted octanol–water partition coefficient (Wildman–Crippen LogP) is -0.192. The smallest absolute Gasteiger partial charge is 0.199 e. The van der Waals surface area contributed by atoms with Gasteiger partial charge in [0.1, 0.15) is 0 Å². The average molecular weight is 272 g/mol. The van der Waals surface area contributed by atoms with E-state index in [9.17, 15) is 9.90 Å². The van der Waals surface area contributed by atoms with Gasteiger partial charge in [-0.15, -0.1) is 0 Å². The number of fused-ring (bicyclic) bond motifs is 1. The lowest BCUT2D eigenvalue weighted by Crippen LogP contribution is -2.23. The van der Waals surface area contributed by atoms with E-state index in [1.54, 1.807) is 4.57 Å². The molecule has 3 aromatic rings. The molecule has 8 nitrogen and oxygen atoms in total. The van der Waals surface area contributed by atoms with Crippen LogP contribution in [0.15, 0.2) is 28.9 Å². The van der Waals surface area contributed by atoms with E-state index in [-0.39, 0.29) is 18.8 Å². The van der Waals surface area contributed by atoms with Gasteiger partial charge in [-0.05, 0) is 22.4 Å². The zero-order valence-electron chi connectivity index (χ0n) is 10.3. The number of aliphatic carboxylic acids is 1. The fourth-order valence-electron chi connectivity index (χ4n) is 2.04. The minimum absolute atomic E-state index is 0.106. The first kappa shape index (κ1) is 12.2. The number of rotatable bonds is 4. The summed E-state index contributed by atoms with van der Waals surface area (Å²) in [5.41, 5.74) is 7.46. The van der Waals surface area contributed by atoms with E-state index in [1.807, 2.05) is 24.3 Å². The van der Waals surface area contributed by atoms with Crippen LogP contribution in [0, 0.1) is 0 Å². The van der Waals surface area contributed by atoms with Gasteiger partial charge in [-0.3, -0.25) is 0 Å². The number of hydrogen-bond acceptors (Lipinski definition) is 7. The molecular weight excluding hydrogens is 262 g/mol. The molecule has 0 saturated heterocycles. The molecule has 0 aliphatic rings. The van der Waals surface area contributed by atoms with Gasteiger partial charge in [0.15, 0.2) is 17.3 Å². The largest absolute Gasteiger partial charge is 0.550 e. The molecule has 3 rings (SSSR count). The maximum atomic E-state index is 10.7. The SMILES string of the molecule is Nc1nonc1-c1nc2ccccc2n1CCC(=O)[O-]. The molecule has 0 aliphatic carbocycles. The highest BCUT2D eigenvalue weighted by atomic mass is 16.6. The first-order chi connectivity index (χ1) is 9.66. The summed E-state index contributed by atoms with van der Waals surface area (Å²) in [7, 11) is 0. The van der Waals surface area contributed by atoms with E-state index in [0.29, 0.717) is 17.0 Å². The van der Waals surface area contributed by atoms with E-state index in [4.69, 9.17) is 5.73 Å². The summed E-state index contributed by atoms with van der Waals surface area (Å²) < 4.78 is 6.28. The van der Waals surface area contributed by atoms with Crippen molar-refractivity contribution in [1.29, 1.82) is 0 Å². The molecule has 8 heteroatoms. The quantitative estimate of drug-likeness (QED) is 0.698. The van der Waals surface area contributed by atoms with Crippen molar-refractivity contribution in [2.75, 3.05) is 5.73 Å². The number of carbonyl (C=O) groups is 1. The van der Waals surface area contributed by atoms with Crippen molar-refractivity contribution in [3.05, 3.63) is 24.3 Å². The van der Waals surface area contributed by atoms with Crippen LogP contribution in [0.4, 0.5) is 5.82 Å². The van der Waals surface area contributed by atoms with Crippen LogP contribution in [0.25, 0.3) is 22.6 Å². The topological polar surface area (TPSA) is 123 Å². The first-order valence-electron chi connectivity index (χ1n) is 5.90. The lowest BCUT2D eigenvalue weighted by molar-refractivity contribution is -0.305. The van der Waals surface area contributed by atoms with Crippen molar-refractivity contribution in [2.24, 2.45) is 0 Å². The normalized spacial score (nSPS) is 11.0. The molecule has 0 unspecified atom stereocenters. The number of imidazole rings is 1. The highest BCUT2D eigenvalue weighted by Crippen LogP contribution is 2.26. The Morgan fingerprint density at radius 2 is 2.15 bits per heavy atom. The molecule has 0 radical (unpaired) electrons. The summed E-state index contributed by atoms with van der Waals surface area (Å²) in [5.74, 6) is -0.610. The van der Waals surface area contributed by atoms with Crippen molar-refractivity contribution >= 4 is 22.8 Å². The van der Waals surface area contributed by atoms with Crippen LogP contribution in [-0.2, 0) is 11.3 Å². The number of anilines is 1. The number of nitrogen functional groups attached to an aromatic ring is 1. The molecule has 0 spiro atoms. The van der Waals surface area contributed by atoms with E-state index in [1.165, 1.54) is 0 Å². The summed E-state index contributed by atoms with van der Waals surface area (Å²) in [4.78, 5) is 15.1. The van der Waals surface area contributed by atoms with Crippen molar-refractivity contribution in [3.8, 4) is 11.5 Å². The maximum absolute atomic E-state index is 10.7. The summed E-state index contributed by atoms with van der Waals surface area (Å²) >= 11 is 0. The Morgan fingerprint density at radius 1 is 1.35 bits per heavy atom. The summed E-state index contributed by atoms with van der Waals surface area (Å²) in [5, 5.41) is 17.9. The molecule has 0 saturated carbocycles. The van der Waals surface area contributed by atoms with Gasteiger partial charge in [0, 0.05) is 18.9 Å². The van der Waals surface area contributed by atoms with Gasteiger partial charge in [-0.1, -0.05) is 12.1 Å². The number of hydrogen-bond donors (Lipinski definition) is 1. The number of nitrogens with two attached hydrogens (primary N) is 1. The summed E-state index contributed by atoms with van der Waals surface area (Å²) in [6.07, 6.45) is -0.140. The molecule has 0 amide bonds. The second-order valence-corrected chi connectivity index (χ2v) is 4.20. The molecule has 20 heavy (non-hydrogen) atoms. The molecule has 2 heterocycles. The second kappa shape index (κ2) is 4.65. The van der Waals surface area contributed by atoms with Gasteiger partial charge in [-0.25, -0.2) is 9.61 Å². The minimum Gasteiger partial charge on any atom is -0.550 e. The highest BCUT2D eigenvalue weighted by molar-refractivity contribution is 5.81. The maximum Gasteiger partial charge on any atom is 0.199 e. The third kappa shape index (κ3) is 1.96. The number of para-hydroxylation sites is 2. The Kier molecular flexibility index (Phi) is 2.82. The van der Waals surface area contributed by atoms with Crippen LogP contribution in [0.1, 0.15) is 6.42 Å². The third-order valence-electron chi connectivity index (χ3n) is 2.92. The first-order valence-corrected chi connectivity index (χ1v) is 5.90. The van der Waals surface area contributed by atoms with Gasteiger partial charge in [0.05, 0.1) is 11.0 Å². The minimum atomic E-state index is -1.14. The van der Waals surface area contributed by atoms with Gasteiger partial charge in [0.2, 0.25) is 0 Å². The number of benzene rings is 1. The Hall–Kier alpha value is -2.90. The van der Waals surface area contributed by atoms with Crippen LogP contribution in [-0.4, -0.2) is 25.8 Å². The van der Waals surface area contributed by atoms with Gasteiger partial charge >= 0.3 is 0 Å². The van der Waals surface area contributed by atoms with E-state index in [2.05, 4.69) is 19.9 Å². The van der Waals surface area contributed by atoms with Crippen molar-refractivity contribution in [1.82, 2.24) is 19.9 Å². The van der Waals surface area contributed by atoms with E-state index in [0.717, 1.165) is 5.52 Å². The predicted molar refractivity (Wildman–Crippen MR) is 67.1 cm³/mol. The number of carbonyl (C=O) groups excluding carboxylic acids is 1. The lowest BCUT2D eigenvalue weighted by atomic mass is 10.3. The Balaban J connectivity index is 2.17. The Labute approximate surface area is 112 Å². The zero-order valence-corrected chi connectivity index (χ0v) is 10.3. The number of carboxylic acid groups (broad SMARTS) is 1. The molecule has 0 bridgehead atoms. The van der Waals surface area contributed by atoms with Crippen LogP contribution in [0.3, 0.4) is 0 Å². The van der Waals surface area contributed by atoms with E-state index < -0.39 is 5.97 Å². The average Bonchev–Trinajstić information content (AvgIpc) is 2.99. The van der Waals surface area contributed by atoms with Gasteiger partial charge < -0.3 is 20.2 Å². The molecule has 2 N–H and O–H groups in total. The zero-order chi connectivity index (χ0) is 14.1. The summed E-state index contributed by atoms with van der Waals surface area (Å²) in [6.45, 7) is 0.199. The number of carboxylic acids is 1. The van der Waals surface area contributed by atoms with Crippen LogP contribution in [0.5, 0.6) is 0 Å². The van der Waals surface area contributed by atoms with Gasteiger partial charge in [0.25, 0.3) is 0 Å². The highest BCUT2D eigenvalue weighted by Gasteiger charge is 2.18. The van der Waals surface area contributed by atoms with Crippen molar-refractivity contribution in [3.63, 3.8) is 0 Å². The number of nitrogens with zero attached hydrogens (tertiary/aromatic N) is 4. The van der Waals surface area contributed by atoms with Crippen LogP contribution < -0.4 is 10.8 Å². The Bertz CT molecular complexity index is 776.